The van der Waals surface area contributed by atoms with Crippen LogP contribution in [0.5, 0.6) is 5.75 Å². The van der Waals surface area contributed by atoms with E-state index in [2.05, 4.69) is 5.32 Å². The van der Waals surface area contributed by atoms with Crippen molar-refractivity contribution in [3.63, 3.8) is 0 Å². The molecule has 1 aliphatic rings. The summed E-state index contributed by atoms with van der Waals surface area (Å²) in [5.74, 6) is 0.467. The van der Waals surface area contributed by atoms with Crippen LogP contribution >= 0.6 is 0 Å². The van der Waals surface area contributed by atoms with E-state index in [9.17, 15) is 4.79 Å². The van der Waals surface area contributed by atoms with Crippen LogP contribution in [0.25, 0.3) is 11.0 Å². The Bertz CT molecular complexity index is 645. The fourth-order valence-electron chi connectivity index (χ4n) is 2.33. The fourth-order valence-corrected chi connectivity index (χ4v) is 2.33. The van der Waals surface area contributed by atoms with Gasteiger partial charge in [0, 0.05) is 18.5 Å². The Kier molecular flexibility index (Phi) is 4.60. The lowest BCUT2D eigenvalue weighted by atomic mass is 10.2. The summed E-state index contributed by atoms with van der Waals surface area (Å²) < 4.78 is 21.7. The third kappa shape index (κ3) is 3.40. The maximum Gasteiger partial charge on any atom is 0.374 e. The Morgan fingerprint density at radius 3 is 3.09 bits per heavy atom. The number of rotatable bonds is 5. The molecule has 0 aliphatic carbocycles. The van der Waals surface area contributed by atoms with Crippen molar-refractivity contribution in [2.75, 3.05) is 32.9 Å². The first-order valence-corrected chi connectivity index (χ1v) is 7.42. The highest BCUT2D eigenvalue weighted by Gasteiger charge is 2.16. The maximum absolute atomic E-state index is 11.7. The molecule has 1 saturated heterocycles. The Hall–Kier alpha value is -2.05. The van der Waals surface area contributed by atoms with Gasteiger partial charge in [-0.15, -0.1) is 0 Å². The molecule has 0 bridgehead atoms. The second kappa shape index (κ2) is 6.81. The molecular weight excluding hydrogens is 286 g/mol. The van der Waals surface area contributed by atoms with Gasteiger partial charge in [0.1, 0.15) is 24.0 Å². The highest BCUT2D eigenvalue weighted by molar-refractivity contribution is 5.92. The van der Waals surface area contributed by atoms with Crippen molar-refractivity contribution in [2.24, 2.45) is 0 Å². The average molecular weight is 305 g/mol. The van der Waals surface area contributed by atoms with Crippen LogP contribution in [-0.4, -0.2) is 45.0 Å². The van der Waals surface area contributed by atoms with Crippen molar-refractivity contribution in [1.82, 2.24) is 5.32 Å². The lowest BCUT2D eigenvalue weighted by Gasteiger charge is -2.23. The molecule has 0 saturated carbocycles. The zero-order chi connectivity index (χ0) is 15.4. The molecule has 0 spiro atoms. The topological polar surface area (TPSA) is 69.9 Å². The lowest BCUT2D eigenvalue weighted by molar-refractivity contribution is 0.000221. The molecule has 3 rings (SSSR count). The monoisotopic (exact) mass is 305 g/mol. The minimum absolute atomic E-state index is 0.0592. The minimum atomic E-state index is -0.456. The fraction of sp³-hybridized carbons (Fsp3) is 0.438. The normalized spacial score (nSPS) is 18.3. The summed E-state index contributed by atoms with van der Waals surface area (Å²) in [4.78, 5) is 11.7. The van der Waals surface area contributed by atoms with Crippen LogP contribution in [0.4, 0.5) is 0 Å². The van der Waals surface area contributed by atoms with Crippen molar-refractivity contribution in [2.45, 2.75) is 13.0 Å². The zero-order valence-electron chi connectivity index (χ0n) is 12.5. The van der Waals surface area contributed by atoms with E-state index in [1.165, 1.54) is 0 Å². The van der Waals surface area contributed by atoms with Gasteiger partial charge in [-0.2, -0.15) is 0 Å². The number of hydrogen-bond acceptors (Lipinski definition) is 6. The summed E-state index contributed by atoms with van der Waals surface area (Å²) in [7, 11) is 0. The number of furan rings is 1. The van der Waals surface area contributed by atoms with Gasteiger partial charge in [-0.3, -0.25) is 0 Å². The van der Waals surface area contributed by atoms with Gasteiger partial charge in [0.15, 0.2) is 0 Å². The molecule has 22 heavy (non-hydrogen) atoms. The number of carbonyl (C=O) groups is 1. The average Bonchev–Trinajstić information content (AvgIpc) is 2.97. The predicted octanol–water partition coefficient (Wildman–Crippen LogP) is 1.98. The second-order valence-electron chi connectivity index (χ2n) is 5.04. The molecule has 1 atom stereocenters. The van der Waals surface area contributed by atoms with Crippen LogP contribution in [0.2, 0.25) is 0 Å². The largest absolute Gasteiger partial charge is 0.491 e. The number of esters is 1. The Morgan fingerprint density at radius 2 is 2.32 bits per heavy atom. The van der Waals surface area contributed by atoms with Crippen LogP contribution in [0.3, 0.4) is 0 Å². The van der Waals surface area contributed by atoms with Gasteiger partial charge in [0.05, 0.1) is 13.2 Å². The van der Waals surface area contributed by atoms with E-state index in [1.54, 1.807) is 19.1 Å². The number of fused-ring (bicyclic) bond motifs is 1. The second-order valence-corrected chi connectivity index (χ2v) is 5.04. The third-order valence-electron chi connectivity index (χ3n) is 3.40. The first-order chi connectivity index (χ1) is 10.8. The number of carbonyl (C=O) groups excluding carboxylic acids is 1. The third-order valence-corrected chi connectivity index (χ3v) is 3.40. The summed E-state index contributed by atoms with van der Waals surface area (Å²) >= 11 is 0. The molecule has 118 valence electrons. The predicted molar refractivity (Wildman–Crippen MR) is 80.3 cm³/mol. The summed E-state index contributed by atoms with van der Waals surface area (Å²) in [5.41, 5.74) is 0.631. The summed E-state index contributed by atoms with van der Waals surface area (Å²) in [5, 5.41) is 4.07. The van der Waals surface area contributed by atoms with E-state index in [1.807, 2.05) is 12.1 Å². The maximum atomic E-state index is 11.7. The van der Waals surface area contributed by atoms with Gasteiger partial charge >= 0.3 is 5.97 Å². The molecule has 1 aromatic carbocycles. The molecule has 6 nitrogen and oxygen atoms in total. The van der Waals surface area contributed by atoms with E-state index in [-0.39, 0.29) is 11.9 Å². The minimum Gasteiger partial charge on any atom is -0.491 e. The molecule has 2 aromatic rings. The number of nitrogens with one attached hydrogen (secondary N) is 1. The smallest absolute Gasteiger partial charge is 0.374 e. The van der Waals surface area contributed by atoms with Crippen LogP contribution in [0, 0.1) is 0 Å². The number of benzene rings is 1. The Morgan fingerprint density at radius 1 is 1.41 bits per heavy atom. The number of hydrogen-bond donors (Lipinski definition) is 1. The van der Waals surface area contributed by atoms with Crippen molar-refractivity contribution < 1.29 is 23.4 Å². The Balaban J connectivity index is 1.68. The van der Waals surface area contributed by atoms with Crippen LogP contribution in [0.15, 0.2) is 28.7 Å². The standard InChI is InChI=1S/C16H19NO5/c1-2-19-16(18)15-8-11-7-12(3-4-14(11)22-15)21-10-13-9-17-5-6-20-13/h3-4,7-8,13,17H,2,5-6,9-10H2,1H3/t13-/m1/s1. The van der Waals surface area contributed by atoms with Crippen LogP contribution in [-0.2, 0) is 9.47 Å². The Labute approximate surface area is 128 Å². The lowest BCUT2D eigenvalue weighted by Crippen LogP contribution is -2.41. The summed E-state index contributed by atoms with van der Waals surface area (Å²) in [6.45, 7) is 4.95. The van der Waals surface area contributed by atoms with E-state index >= 15 is 0 Å². The van der Waals surface area contributed by atoms with Gasteiger partial charge in [0.25, 0.3) is 0 Å². The van der Waals surface area contributed by atoms with Crippen molar-refractivity contribution >= 4 is 16.9 Å². The molecule has 0 radical (unpaired) electrons. The molecule has 2 heterocycles. The first kappa shape index (κ1) is 14.9. The highest BCUT2D eigenvalue weighted by atomic mass is 16.5. The molecule has 1 aromatic heterocycles. The molecule has 0 unspecified atom stereocenters. The van der Waals surface area contributed by atoms with Gasteiger partial charge in [-0.1, -0.05) is 0 Å². The van der Waals surface area contributed by atoms with Gasteiger partial charge in [0.2, 0.25) is 5.76 Å². The molecular formula is C16H19NO5. The summed E-state index contributed by atoms with van der Waals surface area (Å²) in [6.07, 6.45) is 0.0592. The van der Waals surface area contributed by atoms with Crippen molar-refractivity contribution in [1.29, 1.82) is 0 Å². The molecule has 1 N–H and O–H groups in total. The van der Waals surface area contributed by atoms with E-state index in [0.717, 1.165) is 24.2 Å². The van der Waals surface area contributed by atoms with Crippen molar-refractivity contribution in [3.8, 4) is 5.75 Å². The zero-order valence-corrected chi connectivity index (χ0v) is 12.5. The molecule has 0 amide bonds. The van der Waals surface area contributed by atoms with Gasteiger partial charge < -0.3 is 23.9 Å². The van der Waals surface area contributed by atoms with Gasteiger partial charge in [-0.25, -0.2) is 4.79 Å². The molecule has 6 heteroatoms. The van der Waals surface area contributed by atoms with Crippen LogP contribution < -0.4 is 10.1 Å². The van der Waals surface area contributed by atoms with E-state index in [0.29, 0.717) is 25.4 Å². The molecule has 1 aliphatic heterocycles. The number of morpholine rings is 1. The highest BCUT2D eigenvalue weighted by Crippen LogP contribution is 2.25. The van der Waals surface area contributed by atoms with Crippen molar-refractivity contribution in [3.05, 3.63) is 30.0 Å². The van der Waals surface area contributed by atoms with Crippen LogP contribution in [0.1, 0.15) is 17.5 Å². The van der Waals surface area contributed by atoms with Gasteiger partial charge in [-0.05, 0) is 31.2 Å². The summed E-state index contributed by atoms with van der Waals surface area (Å²) in [6, 6.07) is 7.11. The number of ether oxygens (including phenoxy) is 3. The quantitative estimate of drug-likeness (QED) is 0.852. The first-order valence-electron chi connectivity index (χ1n) is 7.42. The SMILES string of the molecule is CCOC(=O)c1cc2cc(OC[C@H]3CNCCO3)ccc2o1. The molecule has 1 fully saturated rings. The van der Waals surface area contributed by atoms with E-state index < -0.39 is 5.97 Å². The van der Waals surface area contributed by atoms with E-state index in [4.69, 9.17) is 18.6 Å².